The molecule has 1 atom stereocenters. The minimum atomic E-state index is -0.206. The van der Waals surface area contributed by atoms with Gasteiger partial charge in [-0.15, -0.1) is 5.10 Å². The molecule has 0 saturated heterocycles. The van der Waals surface area contributed by atoms with Gasteiger partial charge in [-0.25, -0.2) is 5.01 Å². The number of rotatable bonds is 6. The normalized spacial score (nSPS) is 19.0. The fourth-order valence-electron chi connectivity index (χ4n) is 3.84. The summed E-state index contributed by atoms with van der Waals surface area (Å²) in [5, 5.41) is 5.78. The van der Waals surface area contributed by atoms with Crippen molar-refractivity contribution in [2.75, 3.05) is 13.7 Å². The van der Waals surface area contributed by atoms with Crippen LogP contribution in [0.5, 0.6) is 0 Å². The zero-order valence-electron chi connectivity index (χ0n) is 16.3. The van der Waals surface area contributed by atoms with Gasteiger partial charge in [0.1, 0.15) is 0 Å². The minimum absolute atomic E-state index is 0.0290. The molecule has 1 aliphatic carbocycles. The van der Waals surface area contributed by atoms with Crippen molar-refractivity contribution >= 4 is 17.8 Å². The Balaban J connectivity index is 1.75. The summed E-state index contributed by atoms with van der Waals surface area (Å²) in [6.45, 7) is 4.39. The quantitative estimate of drug-likeness (QED) is 0.717. The maximum Gasteiger partial charge on any atom is 0.313 e. The summed E-state index contributed by atoms with van der Waals surface area (Å²) in [5.41, 5.74) is 1.95. The van der Waals surface area contributed by atoms with Crippen LogP contribution in [0.2, 0.25) is 0 Å². The predicted octanol–water partition coefficient (Wildman–Crippen LogP) is 3.46. The maximum absolute atomic E-state index is 12.3. The molecule has 3 rings (SSSR count). The first kappa shape index (κ1) is 19.4. The van der Waals surface area contributed by atoms with Crippen LogP contribution in [0.4, 0.5) is 0 Å². The monoisotopic (exact) mass is 372 g/mol. The molecule has 0 aromatic heterocycles. The van der Waals surface area contributed by atoms with Crippen molar-refractivity contribution in [3.05, 3.63) is 35.4 Å². The van der Waals surface area contributed by atoms with Gasteiger partial charge in [0.25, 0.3) is 5.91 Å². The van der Waals surface area contributed by atoms with E-state index in [9.17, 15) is 9.59 Å². The molecule has 1 heterocycles. The summed E-state index contributed by atoms with van der Waals surface area (Å²) < 4.78 is 10.4. The average molecular weight is 372 g/mol. The number of hydrogen-bond donors (Lipinski definition) is 0. The van der Waals surface area contributed by atoms with Gasteiger partial charge in [-0.3, -0.25) is 9.59 Å². The minimum Gasteiger partial charge on any atom is -0.469 e. The highest BCUT2D eigenvalue weighted by Gasteiger charge is 2.32. The smallest absolute Gasteiger partial charge is 0.313 e. The van der Waals surface area contributed by atoms with Crippen LogP contribution in [-0.2, 0) is 25.6 Å². The third-order valence-electron chi connectivity index (χ3n) is 5.34. The lowest BCUT2D eigenvalue weighted by Gasteiger charge is -2.25. The van der Waals surface area contributed by atoms with Crippen molar-refractivity contribution in [3.63, 3.8) is 0 Å². The second-order valence-electron chi connectivity index (χ2n) is 7.62. The van der Waals surface area contributed by atoms with Gasteiger partial charge in [-0.2, -0.15) is 0 Å². The molecule has 27 heavy (non-hydrogen) atoms. The molecule has 1 fully saturated rings. The molecule has 0 spiro atoms. The average Bonchev–Trinajstić information content (AvgIpc) is 3.19. The Morgan fingerprint density at radius 1 is 1.26 bits per heavy atom. The Bertz CT molecular complexity index is 705. The van der Waals surface area contributed by atoms with Crippen LogP contribution in [0.3, 0.4) is 0 Å². The number of benzene rings is 1. The number of hydrogen-bond acceptors (Lipinski definition) is 5. The molecule has 0 bridgehead atoms. The van der Waals surface area contributed by atoms with Crippen LogP contribution in [0, 0.1) is 11.8 Å². The van der Waals surface area contributed by atoms with E-state index in [1.54, 1.807) is 0 Å². The molecule has 1 aliphatic heterocycles. The summed E-state index contributed by atoms with van der Waals surface area (Å²) in [4.78, 5) is 24.4. The molecule has 1 unspecified atom stereocenters. The van der Waals surface area contributed by atoms with E-state index in [2.05, 4.69) is 5.10 Å². The van der Waals surface area contributed by atoms with E-state index in [-0.39, 0.29) is 30.3 Å². The lowest BCUT2D eigenvalue weighted by atomic mass is 9.84. The SMILES string of the molecule is COC(=O)C(c1ccc(CN2N=C(C(C)C)OCC2=O)cc1)C1CCCC1. The third kappa shape index (κ3) is 4.49. The summed E-state index contributed by atoms with van der Waals surface area (Å²) in [5.74, 6) is 0.545. The lowest BCUT2D eigenvalue weighted by Crippen LogP contribution is -2.37. The largest absolute Gasteiger partial charge is 0.469 e. The highest BCUT2D eigenvalue weighted by Crippen LogP contribution is 2.38. The number of hydrazone groups is 1. The lowest BCUT2D eigenvalue weighted by molar-refractivity contribution is -0.143. The molecule has 0 N–H and O–H groups in total. The maximum atomic E-state index is 12.3. The van der Waals surface area contributed by atoms with Crippen molar-refractivity contribution in [2.45, 2.75) is 52.0 Å². The van der Waals surface area contributed by atoms with Gasteiger partial charge < -0.3 is 9.47 Å². The van der Waals surface area contributed by atoms with E-state index in [0.29, 0.717) is 18.4 Å². The zero-order chi connectivity index (χ0) is 19.4. The Hall–Kier alpha value is -2.37. The number of methoxy groups -OCH3 is 1. The number of ether oxygens (including phenoxy) is 2. The van der Waals surface area contributed by atoms with E-state index in [1.165, 1.54) is 25.0 Å². The molecule has 1 aromatic rings. The van der Waals surface area contributed by atoms with Crippen LogP contribution in [-0.4, -0.2) is 36.5 Å². The van der Waals surface area contributed by atoms with Gasteiger partial charge in [0, 0.05) is 5.92 Å². The van der Waals surface area contributed by atoms with Crippen molar-refractivity contribution in [2.24, 2.45) is 16.9 Å². The van der Waals surface area contributed by atoms with Gasteiger partial charge in [0.2, 0.25) is 5.90 Å². The van der Waals surface area contributed by atoms with Crippen LogP contribution >= 0.6 is 0 Å². The summed E-state index contributed by atoms with van der Waals surface area (Å²) in [6.07, 6.45) is 4.48. The van der Waals surface area contributed by atoms with Gasteiger partial charge in [0.15, 0.2) is 6.61 Å². The number of esters is 1. The fraction of sp³-hybridized carbons (Fsp3) is 0.571. The Morgan fingerprint density at radius 2 is 1.93 bits per heavy atom. The second-order valence-corrected chi connectivity index (χ2v) is 7.62. The van der Waals surface area contributed by atoms with E-state index >= 15 is 0 Å². The molecule has 2 aliphatic rings. The Labute approximate surface area is 160 Å². The summed E-state index contributed by atoms with van der Waals surface area (Å²) in [6, 6.07) is 7.89. The standard InChI is InChI=1S/C21H28N2O4/c1-14(2)20-22-23(18(24)13-27-20)12-15-8-10-17(11-9-15)19(21(25)26-3)16-6-4-5-7-16/h8-11,14,16,19H,4-7,12-13H2,1-3H3. The van der Waals surface area contributed by atoms with Gasteiger partial charge in [0.05, 0.1) is 19.6 Å². The highest BCUT2D eigenvalue weighted by atomic mass is 16.5. The van der Waals surface area contributed by atoms with Crippen LogP contribution in [0.1, 0.15) is 56.6 Å². The first-order chi connectivity index (χ1) is 13.0. The first-order valence-electron chi connectivity index (χ1n) is 9.68. The molecule has 0 radical (unpaired) electrons. The molecule has 6 nitrogen and oxygen atoms in total. The molecule has 6 heteroatoms. The predicted molar refractivity (Wildman–Crippen MR) is 102 cm³/mol. The zero-order valence-corrected chi connectivity index (χ0v) is 16.3. The third-order valence-corrected chi connectivity index (χ3v) is 5.34. The summed E-state index contributed by atoms with van der Waals surface area (Å²) >= 11 is 0. The Kier molecular flexibility index (Phi) is 6.14. The van der Waals surface area contributed by atoms with Crippen molar-refractivity contribution in [1.29, 1.82) is 0 Å². The first-order valence-corrected chi connectivity index (χ1v) is 9.68. The van der Waals surface area contributed by atoms with Crippen molar-refractivity contribution < 1.29 is 19.1 Å². The van der Waals surface area contributed by atoms with Crippen LogP contribution < -0.4 is 0 Å². The number of carbonyl (C=O) groups is 2. The number of carbonyl (C=O) groups excluding carboxylic acids is 2. The fourth-order valence-corrected chi connectivity index (χ4v) is 3.84. The van der Waals surface area contributed by atoms with Gasteiger partial charge in [-0.05, 0) is 29.9 Å². The van der Waals surface area contributed by atoms with Crippen molar-refractivity contribution in [1.82, 2.24) is 5.01 Å². The van der Waals surface area contributed by atoms with Gasteiger partial charge >= 0.3 is 5.97 Å². The van der Waals surface area contributed by atoms with Crippen LogP contribution in [0.15, 0.2) is 29.4 Å². The molecular weight excluding hydrogens is 344 g/mol. The van der Waals surface area contributed by atoms with E-state index in [4.69, 9.17) is 9.47 Å². The topological polar surface area (TPSA) is 68.2 Å². The molecule has 1 aromatic carbocycles. The van der Waals surface area contributed by atoms with Crippen LogP contribution in [0.25, 0.3) is 0 Å². The summed E-state index contributed by atoms with van der Waals surface area (Å²) in [7, 11) is 1.45. The van der Waals surface area contributed by atoms with Crippen molar-refractivity contribution in [3.8, 4) is 0 Å². The van der Waals surface area contributed by atoms with E-state index < -0.39 is 0 Å². The van der Waals surface area contributed by atoms with E-state index in [1.807, 2.05) is 38.1 Å². The highest BCUT2D eigenvalue weighted by molar-refractivity contribution is 5.87. The second kappa shape index (κ2) is 8.55. The van der Waals surface area contributed by atoms with E-state index in [0.717, 1.165) is 24.0 Å². The molecular formula is C21H28N2O4. The number of amides is 1. The van der Waals surface area contributed by atoms with Gasteiger partial charge in [-0.1, -0.05) is 51.0 Å². The molecule has 1 saturated carbocycles. The number of nitrogens with zero attached hydrogens (tertiary/aromatic N) is 2. The molecule has 146 valence electrons. The Morgan fingerprint density at radius 3 is 2.52 bits per heavy atom. The molecule has 1 amide bonds.